The first kappa shape index (κ1) is 17.9. The number of nitrogens with zero attached hydrogens (tertiary/aromatic N) is 2. The minimum absolute atomic E-state index is 0.160. The molecule has 0 heterocycles. The van der Waals surface area contributed by atoms with Gasteiger partial charge in [0.2, 0.25) is 0 Å². The molecule has 0 aromatic heterocycles. The minimum Gasteiger partial charge on any atom is -0.319 e. The van der Waals surface area contributed by atoms with Crippen molar-refractivity contribution in [2.45, 2.75) is 6.54 Å². The SMILES string of the molecule is CN(C)CCN(Cc1ccccc1F)C(=O)Nc1ccc(F)cc1. The molecule has 6 heteroatoms. The standard InChI is InChI=1S/C18H21F2N3O/c1-22(2)11-12-23(13-14-5-3-4-6-17(14)20)18(24)21-16-9-7-15(19)8-10-16/h3-10H,11-13H2,1-2H3,(H,21,24). The summed E-state index contributed by atoms with van der Waals surface area (Å²) < 4.78 is 26.8. The van der Waals surface area contributed by atoms with E-state index in [4.69, 9.17) is 0 Å². The van der Waals surface area contributed by atoms with Gasteiger partial charge < -0.3 is 15.1 Å². The Bertz CT molecular complexity index is 674. The highest BCUT2D eigenvalue weighted by Crippen LogP contribution is 2.13. The van der Waals surface area contributed by atoms with Gasteiger partial charge in [-0.1, -0.05) is 18.2 Å². The summed E-state index contributed by atoms with van der Waals surface area (Å²) in [7, 11) is 3.80. The van der Waals surface area contributed by atoms with Crippen LogP contribution < -0.4 is 5.32 Å². The summed E-state index contributed by atoms with van der Waals surface area (Å²) in [4.78, 5) is 16.0. The van der Waals surface area contributed by atoms with E-state index >= 15 is 0 Å². The third kappa shape index (κ3) is 5.31. The van der Waals surface area contributed by atoms with Crippen molar-refractivity contribution in [1.29, 1.82) is 0 Å². The summed E-state index contributed by atoms with van der Waals surface area (Å²) in [6.07, 6.45) is 0. The zero-order valence-corrected chi connectivity index (χ0v) is 13.8. The van der Waals surface area contributed by atoms with Crippen molar-refractivity contribution in [1.82, 2.24) is 9.80 Å². The lowest BCUT2D eigenvalue weighted by molar-refractivity contribution is 0.201. The van der Waals surface area contributed by atoms with Crippen molar-refractivity contribution in [3.05, 3.63) is 65.7 Å². The summed E-state index contributed by atoms with van der Waals surface area (Å²) >= 11 is 0. The van der Waals surface area contributed by atoms with Crippen molar-refractivity contribution < 1.29 is 13.6 Å². The summed E-state index contributed by atoms with van der Waals surface area (Å²) in [5.74, 6) is -0.717. The van der Waals surface area contributed by atoms with Gasteiger partial charge in [-0.2, -0.15) is 0 Å². The Morgan fingerprint density at radius 2 is 1.67 bits per heavy atom. The maximum Gasteiger partial charge on any atom is 0.322 e. The van der Waals surface area contributed by atoms with Gasteiger partial charge in [0.1, 0.15) is 11.6 Å². The highest BCUT2D eigenvalue weighted by atomic mass is 19.1. The van der Waals surface area contributed by atoms with E-state index < -0.39 is 0 Å². The fourth-order valence-corrected chi connectivity index (χ4v) is 2.14. The van der Waals surface area contributed by atoms with Crippen LogP contribution in [0.5, 0.6) is 0 Å². The third-order valence-corrected chi connectivity index (χ3v) is 3.52. The van der Waals surface area contributed by atoms with Crippen LogP contribution >= 0.6 is 0 Å². The van der Waals surface area contributed by atoms with E-state index in [0.717, 1.165) is 0 Å². The maximum atomic E-state index is 13.9. The third-order valence-electron chi connectivity index (χ3n) is 3.52. The molecular formula is C18H21F2N3O. The van der Waals surface area contributed by atoms with Crippen molar-refractivity contribution >= 4 is 11.7 Å². The normalized spacial score (nSPS) is 10.7. The van der Waals surface area contributed by atoms with Crippen LogP contribution in [0.15, 0.2) is 48.5 Å². The molecule has 1 N–H and O–H groups in total. The van der Waals surface area contributed by atoms with Crippen LogP contribution in [0, 0.1) is 11.6 Å². The molecule has 2 amide bonds. The molecule has 0 radical (unpaired) electrons. The van der Waals surface area contributed by atoms with Gasteiger partial charge in [0.05, 0.1) is 6.54 Å². The molecule has 0 aliphatic rings. The lowest BCUT2D eigenvalue weighted by atomic mass is 10.2. The van der Waals surface area contributed by atoms with Crippen LogP contribution in [0.2, 0.25) is 0 Å². The lowest BCUT2D eigenvalue weighted by Gasteiger charge is -2.25. The van der Waals surface area contributed by atoms with Crippen LogP contribution in [0.3, 0.4) is 0 Å². The predicted octanol–water partition coefficient (Wildman–Crippen LogP) is 3.56. The second-order valence-corrected chi connectivity index (χ2v) is 5.75. The number of hydrogen-bond acceptors (Lipinski definition) is 2. The van der Waals surface area contributed by atoms with Crippen LogP contribution in [0.1, 0.15) is 5.56 Å². The molecule has 4 nitrogen and oxygen atoms in total. The second kappa shape index (κ2) is 8.40. The monoisotopic (exact) mass is 333 g/mol. The van der Waals surface area contributed by atoms with Crippen molar-refractivity contribution in [3.8, 4) is 0 Å². The highest BCUT2D eigenvalue weighted by molar-refractivity contribution is 5.89. The molecule has 0 saturated carbocycles. The fraction of sp³-hybridized carbons (Fsp3) is 0.278. The van der Waals surface area contributed by atoms with Gasteiger partial charge in [-0.25, -0.2) is 13.6 Å². The van der Waals surface area contributed by atoms with Crippen molar-refractivity contribution in [2.75, 3.05) is 32.5 Å². The lowest BCUT2D eigenvalue weighted by Crippen LogP contribution is -2.39. The van der Waals surface area contributed by atoms with E-state index in [1.807, 2.05) is 19.0 Å². The molecule has 2 aromatic carbocycles. The molecule has 0 aliphatic heterocycles. The Kier molecular flexibility index (Phi) is 6.26. The van der Waals surface area contributed by atoms with Crippen LogP contribution in [-0.2, 0) is 6.54 Å². The van der Waals surface area contributed by atoms with Crippen molar-refractivity contribution in [3.63, 3.8) is 0 Å². The van der Waals surface area contributed by atoms with E-state index in [9.17, 15) is 13.6 Å². The number of nitrogens with one attached hydrogen (secondary N) is 1. The van der Waals surface area contributed by atoms with E-state index in [0.29, 0.717) is 24.3 Å². The minimum atomic E-state index is -0.371. The molecule has 2 rings (SSSR count). The first-order valence-electron chi connectivity index (χ1n) is 7.65. The van der Waals surface area contributed by atoms with E-state index in [1.54, 1.807) is 18.2 Å². The van der Waals surface area contributed by atoms with Gasteiger partial charge in [-0.15, -0.1) is 0 Å². The largest absolute Gasteiger partial charge is 0.322 e. The Balaban J connectivity index is 2.10. The molecule has 0 aliphatic carbocycles. The smallest absolute Gasteiger partial charge is 0.319 e. The van der Waals surface area contributed by atoms with Crippen LogP contribution in [0.25, 0.3) is 0 Å². The number of carbonyl (C=O) groups excluding carboxylic acids is 1. The zero-order valence-electron chi connectivity index (χ0n) is 13.8. The van der Waals surface area contributed by atoms with E-state index in [1.165, 1.54) is 35.2 Å². The van der Waals surface area contributed by atoms with Crippen molar-refractivity contribution in [2.24, 2.45) is 0 Å². The zero-order chi connectivity index (χ0) is 17.5. The molecule has 0 fully saturated rings. The molecule has 2 aromatic rings. The molecule has 0 atom stereocenters. The first-order valence-corrected chi connectivity index (χ1v) is 7.65. The fourth-order valence-electron chi connectivity index (χ4n) is 2.14. The number of benzene rings is 2. The quantitative estimate of drug-likeness (QED) is 0.877. The van der Waals surface area contributed by atoms with Gasteiger partial charge in [0, 0.05) is 24.3 Å². The molecular weight excluding hydrogens is 312 g/mol. The number of hydrogen-bond donors (Lipinski definition) is 1. The summed E-state index contributed by atoms with van der Waals surface area (Å²) in [5.41, 5.74) is 0.940. The Labute approximate surface area is 140 Å². The van der Waals surface area contributed by atoms with Gasteiger partial charge in [0.25, 0.3) is 0 Å². The topological polar surface area (TPSA) is 35.6 Å². The Hall–Kier alpha value is -2.47. The average molecular weight is 333 g/mol. The average Bonchev–Trinajstić information content (AvgIpc) is 2.55. The number of likely N-dealkylation sites (N-methyl/N-ethyl adjacent to an activating group) is 1. The number of carbonyl (C=O) groups is 1. The van der Waals surface area contributed by atoms with Gasteiger partial charge >= 0.3 is 6.03 Å². The van der Waals surface area contributed by atoms with Crippen LogP contribution in [-0.4, -0.2) is 43.0 Å². The number of amides is 2. The highest BCUT2D eigenvalue weighted by Gasteiger charge is 2.16. The summed E-state index contributed by atoms with van der Waals surface area (Å²) in [6.45, 7) is 1.24. The summed E-state index contributed by atoms with van der Waals surface area (Å²) in [5, 5.41) is 2.71. The molecule has 0 spiro atoms. The number of rotatable bonds is 6. The van der Waals surface area contributed by atoms with Gasteiger partial charge in [-0.3, -0.25) is 0 Å². The van der Waals surface area contributed by atoms with E-state index in [-0.39, 0.29) is 24.2 Å². The molecule has 24 heavy (non-hydrogen) atoms. The number of urea groups is 1. The number of anilines is 1. The molecule has 128 valence electrons. The van der Waals surface area contributed by atoms with Gasteiger partial charge in [0.15, 0.2) is 0 Å². The molecule has 0 unspecified atom stereocenters. The summed E-state index contributed by atoms with van der Waals surface area (Å²) in [6, 6.07) is 11.5. The predicted molar refractivity (Wildman–Crippen MR) is 90.8 cm³/mol. The first-order chi connectivity index (χ1) is 11.5. The maximum absolute atomic E-state index is 13.9. The second-order valence-electron chi connectivity index (χ2n) is 5.75. The van der Waals surface area contributed by atoms with Gasteiger partial charge in [-0.05, 0) is 44.4 Å². The molecule has 0 saturated heterocycles. The molecule has 0 bridgehead atoms. The number of halogens is 2. The van der Waals surface area contributed by atoms with E-state index in [2.05, 4.69) is 5.32 Å². The van der Waals surface area contributed by atoms with Crippen LogP contribution in [0.4, 0.5) is 19.3 Å². The Morgan fingerprint density at radius 1 is 1.00 bits per heavy atom. The Morgan fingerprint density at radius 3 is 2.29 bits per heavy atom.